The van der Waals surface area contributed by atoms with E-state index in [-0.39, 0.29) is 5.91 Å². The maximum absolute atomic E-state index is 11.6. The number of carbonyl (C=O) groups excluding carboxylic acids is 2. The topological polar surface area (TPSA) is 52.7 Å². The number of carbonyl (C=O) groups is 2. The van der Waals surface area contributed by atoms with Gasteiger partial charge in [-0.05, 0) is 6.42 Å². The van der Waals surface area contributed by atoms with E-state index in [1.165, 1.54) is 12.8 Å². The Morgan fingerprint density at radius 1 is 1.22 bits per heavy atom. The van der Waals surface area contributed by atoms with E-state index in [0.29, 0.717) is 6.42 Å². The third kappa shape index (κ3) is 6.00. The predicted octanol–water partition coefficient (Wildman–Crippen LogP) is 0.457. The van der Waals surface area contributed by atoms with E-state index < -0.39 is 0 Å². The average molecular weight is 255 g/mol. The van der Waals surface area contributed by atoms with E-state index in [0.717, 1.165) is 52.1 Å². The first-order chi connectivity index (χ1) is 8.76. The summed E-state index contributed by atoms with van der Waals surface area (Å²) < 4.78 is 0. The normalized spacial score (nSPS) is 16.6. The molecule has 104 valence electrons. The van der Waals surface area contributed by atoms with Crippen molar-refractivity contribution in [2.24, 2.45) is 0 Å². The minimum absolute atomic E-state index is 0.143. The van der Waals surface area contributed by atoms with Gasteiger partial charge in [0.25, 0.3) is 0 Å². The van der Waals surface area contributed by atoms with Crippen LogP contribution in [0.25, 0.3) is 0 Å². The molecule has 1 heterocycles. The first-order valence-corrected chi connectivity index (χ1v) is 6.94. The molecule has 5 nitrogen and oxygen atoms in total. The summed E-state index contributed by atoms with van der Waals surface area (Å²) in [4.78, 5) is 26.1. The standard InChI is InChI=1S/C13H25N3O2/c1-2-3-4-6-14-13(18)5-7-15-8-10-16(12-17)11-9-15/h12H,2-11H2,1H3,(H,14,18). The van der Waals surface area contributed by atoms with Crippen LogP contribution in [0, 0.1) is 0 Å². The molecular formula is C13H25N3O2. The molecule has 0 aromatic heterocycles. The van der Waals surface area contributed by atoms with Gasteiger partial charge in [-0.3, -0.25) is 14.5 Å². The van der Waals surface area contributed by atoms with Crippen molar-refractivity contribution in [3.8, 4) is 0 Å². The Morgan fingerprint density at radius 2 is 1.94 bits per heavy atom. The molecule has 2 amide bonds. The monoisotopic (exact) mass is 255 g/mol. The van der Waals surface area contributed by atoms with E-state index in [2.05, 4.69) is 17.1 Å². The van der Waals surface area contributed by atoms with Gasteiger partial charge in [0.1, 0.15) is 0 Å². The van der Waals surface area contributed by atoms with Gasteiger partial charge >= 0.3 is 0 Å². The molecule has 1 fully saturated rings. The van der Waals surface area contributed by atoms with Crippen molar-refractivity contribution in [3.05, 3.63) is 0 Å². The number of piperazine rings is 1. The second-order valence-electron chi connectivity index (χ2n) is 4.79. The first-order valence-electron chi connectivity index (χ1n) is 6.94. The van der Waals surface area contributed by atoms with Crippen molar-refractivity contribution < 1.29 is 9.59 Å². The Bertz CT molecular complexity index is 251. The summed E-state index contributed by atoms with van der Waals surface area (Å²) in [6.45, 7) is 7.06. The Morgan fingerprint density at radius 3 is 2.56 bits per heavy atom. The van der Waals surface area contributed by atoms with Gasteiger partial charge in [-0.15, -0.1) is 0 Å². The van der Waals surface area contributed by atoms with E-state index in [9.17, 15) is 9.59 Å². The second-order valence-corrected chi connectivity index (χ2v) is 4.79. The minimum Gasteiger partial charge on any atom is -0.356 e. The van der Waals surface area contributed by atoms with Crippen molar-refractivity contribution in [3.63, 3.8) is 0 Å². The third-order valence-corrected chi connectivity index (χ3v) is 3.31. The fourth-order valence-electron chi connectivity index (χ4n) is 2.04. The van der Waals surface area contributed by atoms with E-state index in [1.54, 1.807) is 4.90 Å². The Balaban J connectivity index is 2.03. The number of hydrogen-bond acceptors (Lipinski definition) is 3. The van der Waals surface area contributed by atoms with Gasteiger partial charge in [-0.1, -0.05) is 19.8 Å². The number of amides is 2. The maximum atomic E-state index is 11.6. The molecule has 0 aliphatic carbocycles. The average Bonchev–Trinajstić information content (AvgIpc) is 2.42. The highest BCUT2D eigenvalue weighted by atomic mass is 16.1. The molecule has 1 aliphatic heterocycles. The van der Waals surface area contributed by atoms with Crippen LogP contribution in [0.1, 0.15) is 32.6 Å². The highest BCUT2D eigenvalue weighted by Crippen LogP contribution is 2.00. The summed E-state index contributed by atoms with van der Waals surface area (Å²) in [6.07, 6.45) is 4.88. The highest BCUT2D eigenvalue weighted by Gasteiger charge is 2.15. The Labute approximate surface area is 110 Å². The van der Waals surface area contributed by atoms with Gasteiger partial charge in [0.05, 0.1) is 0 Å². The first kappa shape index (κ1) is 15.0. The molecule has 1 aliphatic rings. The van der Waals surface area contributed by atoms with Gasteiger partial charge in [0.15, 0.2) is 0 Å². The molecule has 1 N–H and O–H groups in total. The maximum Gasteiger partial charge on any atom is 0.221 e. The molecule has 0 bridgehead atoms. The van der Waals surface area contributed by atoms with Gasteiger partial charge in [0, 0.05) is 45.7 Å². The predicted molar refractivity (Wildman–Crippen MR) is 71.2 cm³/mol. The van der Waals surface area contributed by atoms with Crippen molar-refractivity contribution in [1.82, 2.24) is 15.1 Å². The molecule has 18 heavy (non-hydrogen) atoms. The molecule has 0 atom stereocenters. The summed E-state index contributed by atoms with van der Waals surface area (Å²) in [5, 5.41) is 2.94. The lowest BCUT2D eigenvalue weighted by Gasteiger charge is -2.32. The number of unbranched alkanes of at least 4 members (excludes halogenated alkanes) is 2. The van der Waals surface area contributed by atoms with Crippen molar-refractivity contribution >= 4 is 12.3 Å². The quantitative estimate of drug-likeness (QED) is 0.506. The lowest BCUT2D eigenvalue weighted by Crippen LogP contribution is -2.46. The lowest BCUT2D eigenvalue weighted by molar-refractivity contribution is -0.122. The van der Waals surface area contributed by atoms with Crippen LogP contribution in [0.4, 0.5) is 0 Å². The van der Waals surface area contributed by atoms with Crippen LogP contribution in [-0.4, -0.2) is 61.4 Å². The summed E-state index contributed by atoms with van der Waals surface area (Å²) in [5.41, 5.74) is 0. The molecule has 0 saturated carbocycles. The SMILES string of the molecule is CCCCCNC(=O)CCN1CCN(C=O)CC1. The zero-order chi connectivity index (χ0) is 13.2. The summed E-state index contributed by atoms with van der Waals surface area (Å²) >= 11 is 0. The molecule has 5 heteroatoms. The summed E-state index contributed by atoms with van der Waals surface area (Å²) in [5.74, 6) is 0.143. The van der Waals surface area contributed by atoms with Crippen molar-refractivity contribution in [2.45, 2.75) is 32.6 Å². The van der Waals surface area contributed by atoms with Gasteiger partial charge in [0.2, 0.25) is 12.3 Å². The number of nitrogens with zero attached hydrogens (tertiary/aromatic N) is 2. The van der Waals surface area contributed by atoms with Crippen LogP contribution in [0.2, 0.25) is 0 Å². The molecular weight excluding hydrogens is 230 g/mol. The molecule has 0 radical (unpaired) electrons. The van der Waals surface area contributed by atoms with Crippen LogP contribution in [-0.2, 0) is 9.59 Å². The highest BCUT2D eigenvalue weighted by molar-refractivity contribution is 5.76. The van der Waals surface area contributed by atoms with Gasteiger partial charge < -0.3 is 10.2 Å². The zero-order valence-electron chi connectivity index (χ0n) is 11.4. The van der Waals surface area contributed by atoms with Crippen LogP contribution >= 0.6 is 0 Å². The van der Waals surface area contributed by atoms with Crippen LogP contribution in [0.3, 0.4) is 0 Å². The van der Waals surface area contributed by atoms with Crippen LogP contribution < -0.4 is 5.32 Å². The van der Waals surface area contributed by atoms with Crippen molar-refractivity contribution in [1.29, 1.82) is 0 Å². The van der Waals surface area contributed by atoms with Crippen LogP contribution in [0.5, 0.6) is 0 Å². The fourth-order valence-corrected chi connectivity index (χ4v) is 2.04. The Kier molecular flexibility index (Phi) is 7.41. The number of hydrogen-bond donors (Lipinski definition) is 1. The van der Waals surface area contributed by atoms with E-state index in [4.69, 9.17) is 0 Å². The molecule has 1 rings (SSSR count). The molecule has 1 saturated heterocycles. The van der Waals surface area contributed by atoms with Crippen LogP contribution in [0.15, 0.2) is 0 Å². The van der Waals surface area contributed by atoms with E-state index >= 15 is 0 Å². The molecule has 0 aromatic rings. The largest absolute Gasteiger partial charge is 0.356 e. The molecule has 0 aromatic carbocycles. The molecule has 0 unspecified atom stereocenters. The third-order valence-electron chi connectivity index (χ3n) is 3.31. The molecule has 0 spiro atoms. The Hall–Kier alpha value is -1.10. The number of nitrogens with one attached hydrogen (secondary N) is 1. The zero-order valence-corrected chi connectivity index (χ0v) is 11.4. The number of rotatable bonds is 8. The summed E-state index contributed by atoms with van der Waals surface area (Å²) in [6, 6.07) is 0. The van der Waals surface area contributed by atoms with E-state index in [1.807, 2.05) is 0 Å². The van der Waals surface area contributed by atoms with Crippen molar-refractivity contribution in [2.75, 3.05) is 39.3 Å². The second kappa shape index (κ2) is 8.91. The lowest BCUT2D eigenvalue weighted by atomic mass is 10.2. The summed E-state index contributed by atoms with van der Waals surface area (Å²) in [7, 11) is 0. The fraction of sp³-hybridized carbons (Fsp3) is 0.846. The van der Waals surface area contributed by atoms with Gasteiger partial charge in [-0.25, -0.2) is 0 Å². The minimum atomic E-state index is 0.143. The van der Waals surface area contributed by atoms with Gasteiger partial charge in [-0.2, -0.15) is 0 Å². The smallest absolute Gasteiger partial charge is 0.221 e.